The predicted octanol–water partition coefficient (Wildman–Crippen LogP) is 3.64. The molecule has 4 nitrogen and oxygen atoms in total. The highest BCUT2D eigenvalue weighted by Crippen LogP contribution is 2.16. The van der Waals surface area contributed by atoms with Crippen LogP contribution in [0.4, 0.5) is 18.9 Å². The van der Waals surface area contributed by atoms with E-state index in [9.17, 15) is 13.2 Å². The number of nitriles is 1. The molecule has 0 unspecified atom stereocenters. The van der Waals surface area contributed by atoms with Crippen LogP contribution in [0.2, 0.25) is 0 Å². The van der Waals surface area contributed by atoms with Crippen LogP contribution in [0.5, 0.6) is 0 Å². The van der Waals surface area contributed by atoms with Gasteiger partial charge in [-0.2, -0.15) is 18.4 Å². The molecule has 0 saturated carbocycles. The zero-order valence-corrected chi connectivity index (χ0v) is 12.1. The second kappa shape index (κ2) is 7.61. The quantitative estimate of drug-likeness (QED) is 0.882. The van der Waals surface area contributed by atoms with E-state index in [1.165, 1.54) is 0 Å². The summed E-state index contributed by atoms with van der Waals surface area (Å²) >= 11 is 0. The highest BCUT2D eigenvalue weighted by molar-refractivity contribution is 5.43. The fourth-order valence-corrected chi connectivity index (χ4v) is 1.81. The average molecular weight is 321 g/mol. The van der Waals surface area contributed by atoms with Gasteiger partial charge < -0.3 is 10.1 Å². The first-order chi connectivity index (χ1) is 11.0. The molecule has 0 saturated heterocycles. The first-order valence-corrected chi connectivity index (χ1v) is 6.78. The Labute approximate surface area is 131 Å². The van der Waals surface area contributed by atoms with Gasteiger partial charge in [-0.1, -0.05) is 24.3 Å². The van der Waals surface area contributed by atoms with Gasteiger partial charge in [0, 0.05) is 6.54 Å². The van der Waals surface area contributed by atoms with Crippen molar-refractivity contribution < 1.29 is 17.9 Å². The van der Waals surface area contributed by atoms with Crippen molar-refractivity contribution in [2.45, 2.75) is 19.3 Å². The van der Waals surface area contributed by atoms with Gasteiger partial charge in [0.1, 0.15) is 18.4 Å². The number of benzene rings is 1. The summed E-state index contributed by atoms with van der Waals surface area (Å²) in [6.45, 7) is -0.786. The summed E-state index contributed by atoms with van der Waals surface area (Å²) in [5.74, 6) is 0. The first kappa shape index (κ1) is 16.8. The fraction of sp³-hybridized carbons (Fsp3) is 0.250. The second-order valence-corrected chi connectivity index (χ2v) is 4.82. The Kier molecular flexibility index (Phi) is 5.55. The van der Waals surface area contributed by atoms with Crippen molar-refractivity contribution in [1.29, 1.82) is 5.26 Å². The Hall–Kier alpha value is -2.59. The summed E-state index contributed by atoms with van der Waals surface area (Å²) in [7, 11) is 0. The summed E-state index contributed by atoms with van der Waals surface area (Å²) in [6, 6.07) is 12.4. The normalized spacial score (nSPS) is 11.0. The summed E-state index contributed by atoms with van der Waals surface area (Å²) < 4.78 is 40.5. The number of ether oxygens (including phenoxy) is 1. The van der Waals surface area contributed by atoms with Gasteiger partial charge >= 0.3 is 6.18 Å². The Morgan fingerprint density at radius 2 is 1.78 bits per heavy atom. The van der Waals surface area contributed by atoms with E-state index >= 15 is 0 Å². The van der Waals surface area contributed by atoms with Crippen molar-refractivity contribution >= 4 is 5.69 Å². The number of alkyl halides is 3. The molecule has 0 bridgehead atoms. The number of rotatable bonds is 6. The Balaban J connectivity index is 1.81. The number of nitrogens with one attached hydrogen (secondary N) is 1. The zero-order valence-electron chi connectivity index (χ0n) is 12.1. The van der Waals surface area contributed by atoms with Crippen molar-refractivity contribution in [2.24, 2.45) is 0 Å². The lowest BCUT2D eigenvalue weighted by Crippen LogP contribution is -2.16. The van der Waals surface area contributed by atoms with Crippen molar-refractivity contribution in [3.8, 4) is 6.07 Å². The highest BCUT2D eigenvalue weighted by atomic mass is 19.4. The van der Waals surface area contributed by atoms with Crippen LogP contribution >= 0.6 is 0 Å². The van der Waals surface area contributed by atoms with E-state index in [4.69, 9.17) is 5.26 Å². The van der Waals surface area contributed by atoms with Gasteiger partial charge in [0.2, 0.25) is 0 Å². The van der Waals surface area contributed by atoms with Gasteiger partial charge in [0.15, 0.2) is 0 Å². The number of hydrogen-bond donors (Lipinski definition) is 1. The largest absolute Gasteiger partial charge is 0.411 e. The molecule has 0 atom stereocenters. The van der Waals surface area contributed by atoms with Gasteiger partial charge in [-0.15, -0.1) is 0 Å². The van der Waals surface area contributed by atoms with Gasteiger partial charge in [0.25, 0.3) is 0 Å². The second-order valence-electron chi connectivity index (χ2n) is 4.82. The molecular formula is C16H14F3N3O. The summed E-state index contributed by atoms with van der Waals surface area (Å²) in [6.07, 6.45) is -2.74. The standard InChI is InChI=1S/C16H14F3N3O/c17-16(18,19)11-23-10-13-3-1-12(2-4-13)8-21-15-6-5-14(7-20)22-9-15/h1-6,9,21H,8,10-11H2. The van der Waals surface area contributed by atoms with Crippen molar-refractivity contribution in [2.75, 3.05) is 11.9 Å². The molecule has 0 aliphatic rings. The van der Waals surface area contributed by atoms with Crippen LogP contribution in [-0.4, -0.2) is 17.8 Å². The number of nitrogens with zero attached hydrogens (tertiary/aromatic N) is 2. The Morgan fingerprint density at radius 1 is 1.09 bits per heavy atom. The molecule has 23 heavy (non-hydrogen) atoms. The summed E-state index contributed by atoms with van der Waals surface area (Å²) in [5.41, 5.74) is 2.77. The third-order valence-electron chi connectivity index (χ3n) is 2.93. The molecule has 0 aliphatic heterocycles. The van der Waals surface area contributed by atoms with E-state index in [2.05, 4.69) is 15.0 Å². The number of halogens is 3. The minimum absolute atomic E-state index is 0.0766. The summed E-state index contributed by atoms with van der Waals surface area (Å²) in [4.78, 5) is 3.95. The first-order valence-electron chi connectivity index (χ1n) is 6.78. The van der Waals surface area contributed by atoms with Crippen LogP contribution in [0, 0.1) is 11.3 Å². The minimum atomic E-state index is -4.31. The van der Waals surface area contributed by atoms with Crippen molar-refractivity contribution in [3.63, 3.8) is 0 Å². The molecule has 0 amide bonds. The highest BCUT2D eigenvalue weighted by Gasteiger charge is 2.27. The molecule has 1 aromatic heterocycles. The lowest BCUT2D eigenvalue weighted by atomic mass is 10.1. The van der Waals surface area contributed by atoms with Gasteiger partial charge in [0.05, 0.1) is 18.5 Å². The van der Waals surface area contributed by atoms with E-state index in [1.807, 2.05) is 18.2 Å². The molecule has 7 heteroatoms. The van der Waals surface area contributed by atoms with Crippen LogP contribution in [0.1, 0.15) is 16.8 Å². The number of aromatic nitrogens is 1. The zero-order chi connectivity index (χ0) is 16.7. The van der Waals surface area contributed by atoms with E-state index < -0.39 is 12.8 Å². The third-order valence-corrected chi connectivity index (χ3v) is 2.93. The molecule has 0 aliphatic carbocycles. The lowest BCUT2D eigenvalue weighted by Gasteiger charge is -2.09. The third kappa shape index (κ3) is 5.96. The predicted molar refractivity (Wildman–Crippen MR) is 78.4 cm³/mol. The smallest absolute Gasteiger partial charge is 0.380 e. The molecule has 2 rings (SSSR count). The molecule has 1 aromatic carbocycles. The molecule has 120 valence electrons. The van der Waals surface area contributed by atoms with Crippen molar-refractivity contribution in [3.05, 3.63) is 59.4 Å². The fourth-order valence-electron chi connectivity index (χ4n) is 1.81. The molecule has 1 heterocycles. The van der Waals surface area contributed by atoms with Gasteiger partial charge in [-0.05, 0) is 23.3 Å². The maximum atomic E-state index is 12.0. The van der Waals surface area contributed by atoms with Crippen LogP contribution in [0.25, 0.3) is 0 Å². The Morgan fingerprint density at radius 3 is 2.35 bits per heavy atom. The molecule has 0 radical (unpaired) electrons. The van der Waals surface area contributed by atoms with Crippen LogP contribution in [0.3, 0.4) is 0 Å². The minimum Gasteiger partial charge on any atom is -0.380 e. The maximum Gasteiger partial charge on any atom is 0.411 e. The van der Waals surface area contributed by atoms with E-state index in [0.29, 0.717) is 17.8 Å². The molecule has 1 N–H and O–H groups in total. The SMILES string of the molecule is N#Cc1ccc(NCc2ccc(COCC(F)(F)F)cc2)cn1. The molecule has 0 fully saturated rings. The van der Waals surface area contributed by atoms with Gasteiger partial charge in [-0.25, -0.2) is 4.98 Å². The van der Waals surface area contributed by atoms with E-state index in [0.717, 1.165) is 11.3 Å². The van der Waals surface area contributed by atoms with E-state index in [-0.39, 0.29) is 6.61 Å². The molecule has 2 aromatic rings. The van der Waals surface area contributed by atoms with Crippen molar-refractivity contribution in [1.82, 2.24) is 4.98 Å². The van der Waals surface area contributed by atoms with Crippen LogP contribution < -0.4 is 5.32 Å². The topological polar surface area (TPSA) is 57.9 Å². The Bertz CT molecular complexity index is 661. The maximum absolute atomic E-state index is 12.0. The van der Waals surface area contributed by atoms with E-state index in [1.54, 1.807) is 30.5 Å². The number of pyridine rings is 1. The number of hydrogen-bond acceptors (Lipinski definition) is 4. The summed E-state index contributed by atoms with van der Waals surface area (Å²) in [5, 5.41) is 11.8. The van der Waals surface area contributed by atoms with Crippen LogP contribution in [-0.2, 0) is 17.9 Å². The van der Waals surface area contributed by atoms with Gasteiger partial charge in [-0.3, -0.25) is 0 Å². The molecular weight excluding hydrogens is 307 g/mol. The monoisotopic (exact) mass is 321 g/mol. The average Bonchev–Trinajstić information content (AvgIpc) is 2.53. The molecule has 0 spiro atoms. The number of anilines is 1. The lowest BCUT2D eigenvalue weighted by molar-refractivity contribution is -0.176. The van der Waals surface area contributed by atoms with Crippen LogP contribution in [0.15, 0.2) is 42.6 Å².